The molecule has 5 atom stereocenters. The second kappa shape index (κ2) is 16.6. The van der Waals surface area contributed by atoms with E-state index in [0.29, 0.717) is 30.5 Å². The van der Waals surface area contributed by atoms with Gasteiger partial charge in [0.1, 0.15) is 18.5 Å². The van der Waals surface area contributed by atoms with E-state index >= 15 is 0 Å². The molecule has 1 aliphatic rings. The normalized spacial score (nSPS) is 26.3. The molecule has 12 heteroatoms. The number of aryl methyl sites for hydroxylation is 1. The van der Waals surface area contributed by atoms with Gasteiger partial charge in [-0.15, -0.1) is 11.3 Å². The van der Waals surface area contributed by atoms with Crippen molar-refractivity contribution in [2.75, 3.05) is 6.61 Å². The molecule has 1 aliphatic heterocycles. The molecule has 0 saturated heterocycles. The number of rotatable bonds is 6. The van der Waals surface area contributed by atoms with Crippen molar-refractivity contribution in [3.63, 3.8) is 0 Å². The Balaban J connectivity index is 1.91. The minimum absolute atomic E-state index is 0.00955. The van der Waals surface area contributed by atoms with Gasteiger partial charge in [0.25, 0.3) is 0 Å². The van der Waals surface area contributed by atoms with E-state index in [4.69, 9.17) is 15.0 Å². The lowest BCUT2D eigenvalue weighted by Crippen LogP contribution is -2.45. The van der Waals surface area contributed by atoms with E-state index in [9.17, 15) is 24.6 Å². The first-order valence-corrected chi connectivity index (χ1v) is 16.3. The summed E-state index contributed by atoms with van der Waals surface area (Å²) in [6.45, 7) is 10.4. The molecule has 0 spiro atoms. The highest BCUT2D eigenvalue weighted by atomic mass is 32.1. The molecular weight excluding hydrogens is 608 g/mol. The van der Waals surface area contributed by atoms with E-state index in [1.807, 2.05) is 38.3 Å². The van der Waals surface area contributed by atoms with Crippen molar-refractivity contribution in [3.05, 3.63) is 73.6 Å². The number of aliphatic hydroxyl groups excluding tert-OH is 2. The van der Waals surface area contributed by atoms with Crippen LogP contribution in [0.3, 0.4) is 0 Å². The molecular formula is C34H44N4O7S. The van der Waals surface area contributed by atoms with Crippen LogP contribution in [0, 0.1) is 24.2 Å². The number of azide groups is 1. The van der Waals surface area contributed by atoms with Crippen molar-refractivity contribution in [1.82, 2.24) is 4.98 Å². The van der Waals surface area contributed by atoms with E-state index in [1.165, 1.54) is 35.6 Å². The Morgan fingerprint density at radius 1 is 1.24 bits per heavy atom. The summed E-state index contributed by atoms with van der Waals surface area (Å²) in [6, 6.07) is 6.09. The molecule has 2 N–H and O–H groups in total. The lowest BCUT2D eigenvalue weighted by atomic mass is 9.73. The van der Waals surface area contributed by atoms with Crippen LogP contribution < -0.4 is 0 Å². The van der Waals surface area contributed by atoms with E-state index in [1.54, 1.807) is 20.8 Å². The van der Waals surface area contributed by atoms with Gasteiger partial charge in [0, 0.05) is 28.3 Å². The molecule has 11 nitrogen and oxygen atoms in total. The van der Waals surface area contributed by atoms with Crippen LogP contribution >= 0.6 is 11.3 Å². The summed E-state index contributed by atoms with van der Waals surface area (Å²) in [4.78, 5) is 46.6. The van der Waals surface area contributed by atoms with Gasteiger partial charge in [-0.3, -0.25) is 9.59 Å². The Hall–Kier alpha value is -3.83. The summed E-state index contributed by atoms with van der Waals surface area (Å²) < 4.78 is 11.5. The highest BCUT2D eigenvalue weighted by Crippen LogP contribution is 2.32. The number of aliphatic hydroxyl groups is 2. The van der Waals surface area contributed by atoms with Gasteiger partial charge in [0.15, 0.2) is 0 Å². The second-order valence-electron chi connectivity index (χ2n) is 12.5. The van der Waals surface area contributed by atoms with Gasteiger partial charge in [-0.2, -0.15) is 0 Å². The third-order valence-electron chi connectivity index (χ3n) is 8.56. The van der Waals surface area contributed by atoms with Crippen LogP contribution in [0.15, 0.2) is 52.0 Å². The molecule has 0 unspecified atom stereocenters. The van der Waals surface area contributed by atoms with Crippen LogP contribution in [-0.4, -0.2) is 57.8 Å². The van der Waals surface area contributed by atoms with Crippen LogP contribution in [0.4, 0.5) is 5.69 Å². The summed E-state index contributed by atoms with van der Waals surface area (Å²) in [5, 5.41) is 28.4. The molecule has 46 heavy (non-hydrogen) atoms. The monoisotopic (exact) mass is 652 g/mol. The fraction of sp³-hybridized carbons (Fsp3) is 0.529. The topological polar surface area (TPSA) is 172 Å². The fourth-order valence-electron chi connectivity index (χ4n) is 5.40. The van der Waals surface area contributed by atoms with E-state index < -0.39 is 48.0 Å². The maximum atomic E-state index is 13.4. The maximum absolute atomic E-state index is 13.4. The third kappa shape index (κ3) is 10.1. The predicted octanol–water partition coefficient (Wildman–Crippen LogP) is 7.05. The number of cyclic esters (lactones) is 1. The van der Waals surface area contributed by atoms with Crippen LogP contribution in [-0.2, 0) is 19.1 Å². The number of hydrogen-bond donors (Lipinski definition) is 2. The van der Waals surface area contributed by atoms with Gasteiger partial charge in [0.2, 0.25) is 0 Å². The first-order chi connectivity index (χ1) is 21.7. The quantitative estimate of drug-likeness (QED) is 0.110. The molecule has 2 aromatic rings. The fourth-order valence-corrected chi connectivity index (χ4v) is 5.97. The predicted molar refractivity (Wildman–Crippen MR) is 176 cm³/mol. The molecule has 248 valence electrons. The van der Waals surface area contributed by atoms with Crippen molar-refractivity contribution in [1.29, 1.82) is 0 Å². The summed E-state index contributed by atoms with van der Waals surface area (Å²) in [7, 11) is 0. The van der Waals surface area contributed by atoms with Gasteiger partial charge in [-0.25, -0.2) is 9.78 Å². The molecule has 1 aromatic carbocycles. The Morgan fingerprint density at radius 2 is 1.93 bits per heavy atom. The lowest BCUT2D eigenvalue weighted by Gasteiger charge is -2.34. The molecule has 0 amide bonds. The number of benzene rings is 1. The molecule has 0 radical (unpaired) electrons. The van der Waals surface area contributed by atoms with Crippen LogP contribution in [0.1, 0.15) is 87.8 Å². The molecule has 3 rings (SSSR count). The largest absolute Gasteiger partial charge is 0.458 e. The highest BCUT2D eigenvalue weighted by molar-refractivity contribution is 7.09. The van der Waals surface area contributed by atoms with Crippen molar-refractivity contribution >= 4 is 40.8 Å². The summed E-state index contributed by atoms with van der Waals surface area (Å²) >= 11 is 1.50. The number of aromatic nitrogens is 1. The van der Waals surface area contributed by atoms with Crippen molar-refractivity contribution < 1.29 is 34.1 Å². The highest BCUT2D eigenvalue weighted by Gasteiger charge is 2.42. The lowest BCUT2D eigenvalue weighted by molar-refractivity contribution is -0.154. The zero-order valence-electron chi connectivity index (χ0n) is 27.3. The Morgan fingerprint density at radius 3 is 2.57 bits per heavy atom. The van der Waals surface area contributed by atoms with Crippen LogP contribution in [0.25, 0.3) is 16.5 Å². The standard InChI is InChI=1S/C34H44N4O7S/c1-20-8-7-9-24(18-44-33(43)25-11-13-26(14-12-25)37-38-35)10-15-28(21(2)16-27-19-46-23(4)36-27)45-30(40)17-29(39)34(5,6)32(42)22(3)31(20)41/h10-14,16,19-20,22,28-29,31,39,41H,7-9,15,17-18H2,1-6H3/b21-16+,24-10+/t20-,22+,28-,29-,31-/m0/s1. The number of hydrogen-bond acceptors (Lipinski definition) is 10. The average Bonchev–Trinajstić information content (AvgIpc) is 3.43. The number of ether oxygens (including phenoxy) is 2. The number of thiazole rings is 1. The Kier molecular flexibility index (Phi) is 13.3. The summed E-state index contributed by atoms with van der Waals surface area (Å²) in [6.07, 6.45) is 2.46. The minimum Gasteiger partial charge on any atom is -0.458 e. The van der Waals surface area contributed by atoms with E-state index in [0.717, 1.165) is 21.8 Å². The Labute approximate surface area is 274 Å². The van der Waals surface area contributed by atoms with Gasteiger partial charge >= 0.3 is 11.9 Å². The molecule has 0 aliphatic carbocycles. The number of carbonyl (C=O) groups is 3. The number of ketones is 1. The average molecular weight is 653 g/mol. The van der Waals surface area contributed by atoms with Crippen LogP contribution in [0.5, 0.6) is 0 Å². The minimum atomic E-state index is -1.32. The van der Waals surface area contributed by atoms with E-state index in [-0.39, 0.29) is 24.7 Å². The number of nitrogens with zero attached hydrogens (tertiary/aromatic N) is 4. The number of carbonyl (C=O) groups excluding carboxylic acids is 3. The molecule has 2 heterocycles. The Bertz CT molecular complexity index is 1490. The summed E-state index contributed by atoms with van der Waals surface area (Å²) in [5.74, 6) is -2.52. The van der Waals surface area contributed by atoms with Crippen molar-refractivity contribution in [3.8, 4) is 0 Å². The molecule has 0 fully saturated rings. The SMILES string of the molecule is C/C(=C\c1csc(C)n1)[C@@H]1C/C=C(/COC(=O)c2ccc(N=[N+]=[N-])cc2)CCC[C@H](C)[C@H](O)[C@@H](C)C(=O)C(C)(C)[C@@H](O)CC(=O)O1. The van der Waals surface area contributed by atoms with Gasteiger partial charge in [-0.05, 0) is 73.9 Å². The van der Waals surface area contributed by atoms with E-state index in [2.05, 4.69) is 15.0 Å². The molecule has 0 saturated carbocycles. The van der Waals surface area contributed by atoms with Crippen molar-refractivity contribution in [2.24, 2.45) is 22.4 Å². The number of Topliss-reactive ketones (excluding diaryl/α,β-unsaturated/α-hetero) is 1. The first kappa shape index (κ1) is 36.6. The summed E-state index contributed by atoms with van der Waals surface area (Å²) in [5.41, 5.74) is 10.3. The van der Waals surface area contributed by atoms with Gasteiger partial charge in [-0.1, -0.05) is 51.0 Å². The second-order valence-corrected chi connectivity index (χ2v) is 13.6. The molecule has 0 bridgehead atoms. The van der Waals surface area contributed by atoms with Crippen LogP contribution in [0.2, 0.25) is 0 Å². The third-order valence-corrected chi connectivity index (χ3v) is 9.35. The maximum Gasteiger partial charge on any atom is 0.338 e. The molecule has 1 aromatic heterocycles. The first-order valence-electron chi connectivity index (χ1n) is 15.4. The zero-order valence-corrected chi connectivity index (χ0v) is 28.1. The number of esters is 2. The van der Waals surface area contributed by atoms with Crippen molar-refractivity contribution in [2.45, 2.75) is 92.0 Å². The zero-order chi connectivity index (χ0) is 34.0. The van der Waals surface area contributed by atoms with Gasteiger partial charge in [0.05, 0.1) is 40.3 Å². The smallest absolute Gasteiger partial charge is 0.338 e. The van der Waals surface area contributed by atoms with Gasteiger partial charge < -0.3 is 19.7 Å².